The Morgan fingerprint density at radius 1 is 1.41 bits per heavy atom. The largest absolute Gasteiger partial charge is 0.338 e. The molecule has 1 heterocycles. The zero-order chi connectivity index (χ0) is 12.5. The lowest BCUT2D eigenvalue weighted by molar-refractivity contribution is 0.384. The van der Waals surface area contributed by atoms with E-state index in [-0.39, 0.29) is 16.5 Å². The molecule has 0 aliphatic heterocycles. The molecule has 2 rings (SSSR count). The lowest BCUT2D eigenvalue weighted by Crippen LogP contribution is -2.05. The molecule has 0 saturated heterocycles. The van der Waals surface area contributed by atoms with Crippen molar-refractivity contribution in [1.29, 1.82) is 0 Å². The Balaban J connectivity index is 2.31. The van der Waals surface area contributed by atoms with E-state index in [2.05, 4.69) is 10.1 Å². The van der Waals surface area contributed by atoms with Crippen molar-refractivity contribution in [2.24, 2.45) is 0 Å². The summed E-state index contributed by atoms with van der Waals surface area (Å²) in [6, 6.07) is 6.05. The Morgan fingerprint density at radius 3 is 2.76 bits per heavy atom. The average molecular weight is 273 g/mol. The Labute approximate surface area is 103 Å². The van der Waals surface area contributed by atoms with Gasteiger partial charge in [0.05, 0.1) is 4.90 Å². The van der Waals surface area contributed by atoms with E-state index in [1.165, 1.54) is 12.1 Å². The second-order valence-corrected chi connectivity index (χ2v) is 5.88. The second kappa shape index (κ2) is 4.46. The number of rotatable bonds is 3. The highest BCUT2D eigenvalue weighted by atomic mass is 35.5. The van der Waals surface area contributed by atoms with Crippen LogP contribution in [-0.4, -0.2) is 18.6 Å². The first-order valence-electron chi connectivity index (χ1n) is 4.75. The highest BCUT2D eigenvalue weighted by Crippen LogP contribution is 2.19. The number of hydrogen-bond acceptors (Lipinski definition) is 5. The van der Waals surface area contributed by atoms with Gasteiger partial charge in [-0.1, -0.05) is 22.8 Å². The van der Waals surface area contributed by atoms with Gasteiger partial charge in [-0.2, -0.15) is 4.98 Å². The Kier molecular flexibility index (Phi) is 3.17. The van der Waals surface area contributed by atoms with Gasteiger partial charge >= 0.3 is 0 Å². The van der Waals surface area contributed by atoms with Crippen molar-refractivity contribution in [3.63, 3.8) is 0 Å². The van der Waals surface area contributed by atoms with Crippen molar-refractivity contribution in [3.8, 4) is 0 Å². The van der Waals surface area contributed by atoms with Gasteiger partial charge < -0.3 is 4.52 Å². The first kappa shape index (κ1) is 12.1. The SMILES string of the molecule is Cc1noc(CS(=O)(=O)c2cccc(Cl)c2)n1. The predicted octanol–water partition coefficient (Wildman–Crippen LogP) is 2.01. The number of aryl methyl sites for hydroxylation is 1. The van der Waals surface area contributed by atoms with Crippen molar-refractivity contribution in [2.45, 2.75) is 17.6 Å². The molecule has 0 aliphatic carbocycles. The van der Waals surface area contributed by atoms with Gasteiger partial charge in [-0.25, -0.2) is 8.42 Å². The van der Waals surface area contributed by atoms with Gasteiger partial charge in [0.2, 0.25) is 5.89 Å². The van der Waals surface area contributed by atoms with Crippen LogP contribution in [0.5, 0.6) is 0 Å². The summed E-state index contributed by atoms with van der Waals surface area (Å²) in [6.45, 7) is 1.62. The van der Waals surface area contributed by atoms with Crippen LogP contribution in [0.25, 0.3) is 0 Å². The average Bonchev–Trinajstić information content (AvgIpc) is 2.63. The van der Waals surface area contributed by atoms with Crippen LogP contribution in [0, 0.1) is 6.92 Å². The molecule has 0 N–H and O–H groups in total. The summed E-state index contributed by atoms with van der Waals surface area (Å²) in [4.78, 5) is 3.99. The summed E-state index contributed by atoms with van der Waals surface area (Å²) in [5.41, 5.74) is 0. The highest BCUT2D eigenvalue weighted by molar-refractivity contribution is 7.90. The molecule has 1 aromatic heterocycles. The molecule has 90 valence electrons. The summed E-state index contributed by atoms with van der Waals surface area (Å²) >= 11 is 5.74. The molecule has 17 heavy (non-hydrogen) atoms. The normalized spacial score (nSPS) is 11.6. The van der Waals surface area contributed by atoms with Crippen LogP contribution >= 0.6 is 11.6 Å². The van der Waals surface area contributed by atoms with Crippen molar-refractivity contribution >= 4 is 21.4 Å². The molecular weight excluding hydrogens is 264 g/mol. The first-order valence-corrected chi connectivity index (χ1v) is 6.78. The van der Waals surface area contributed by atoms with Crippen LogP contribution in [0.15, 0.2) is 33.7 Å². The van der Waals surface area contributed by atoms with Crippen molar-refractivity contribution in [3.05, 3.63) is 41.0 Å². The van der Waals surface area contributed by atoms with E-state index in [1.807, 2.05) is 0 Å². The van der Waals surface area contributed by atoms with E-state index in [9.17, 15) is 8.42 Å². The third-order valence-corrected chi connectivity index (χ3v) is 3.87. The minimum atomic E-state index is -3.50. The van der Waals surface area contributed by atoms with E-state index < -0.39 is 9.84 Å². The number of benzene rings is 1. The molecule has 2 aromatic rings. The summed E-state index contributed by atoms with van der Waals surface area (Å²) in [7, 11) is -3.50. The maximum absolute atomic E-state index is 12.0. The summed E-state index contributed by atoms with van der Waals surface area (Å²) < 4.78 is 28.7. The second-order valence-electron chi connectivity index (χ2n) is 3.45. The highest BCUT2D eigenvalue weighted by Gasteiger charge is 2.19. The fourth-order valence-corrected chi connectivity index (χ4v) is 2.76. The minimum absolute atomic E-state index is 0.0717. The summed E-state index contributed by atoms with van der Waals surface area (Å²) in [5, 5.41) is 3.90. The number of sulfone groups is 1. The van der Waals surface area contributed by atoms with Gasteiger partial charge in [-0.15, -0.1) is 0 Å². The standard InChI is InChI=1S/C10H9ClN2O3S/c1-7-12-10(16-13-7)6-17(14,15)9-4-2-3-8(11)5-9/h2-5H,6H2,1H3. The molecule has 7 heteroatoms. The quantitative estimate of drug-likeness (QED) is 0.854. The molecular formula is C10H9ClN2O3S. The lowest BCUT2D eigenvalue weighted by Gasteiger charge is -2.01. The Morgan fingerprint density at radius 2 is 2.18 bits per heavy atom. The number of hydrogen-bond donors (Lipinski definition) is 0. The zero-order valence-electron chi connectivity index (χ0n) is 8.92. The maximum Gasteiger partial charge on any atom is 0.242 e. The zero-order valence-corrected chi connectivity index (χ0v) is 10.5. The molecule has 0 bridgehead atoms. The summed E-state index contributed by atoms with van der Waals surface area (Å²) in [6.07, 6.45) is 0. The lowest BCUT2D eigenvalue weighted by atomic mass is 10.4. The van der Waals surface area contributed by atoms with E-state index >= 15 is 0 Å². The molecule has 0 fully saturated rings. The summed E-state index contributed by atoms with van der Waals surface area (Å²) in [5.74, 6) is 0.150. The fourth-order valence-electron chi connectivity index (χ4n) is 1.31. The molecule has 0 aliphatic rings. The number of nitrogens with zero attached hydrogens (tertiary/aromatic N) is 2. The van der Waals surface area contributed by atoms with Crippen LogP contribution in [-0.2, 0) is 15.6 Å². The fraction of sp³-hybridized carbons (Fsp3) is 0.200. The topological polar surface area (TPSA) is 73.1 Å². The monoisotopic (exact) mass is 272 g/mol. The van der Waals surface area contributed by atoms with Gasteiger partial charge in [0.25, 0.3) is 0 Å². The van der Waals surface area contributed by atoms with Gasteiger partial charge in [0.15, 0.2) is 15.7 Å². The van der Waals surface area contributed by atoms with Gasteiger partial charge in [-0.3, -0.25) is 0 Å². The molecule has 0 amide bonds. The Bertz CT molecular complexity index is 637. The molecule has 0 unspecified atom stereocenters. The Hall–Kier alpha value is -1.40. The third-order valence-electron chi connectivity index (χ3n) is 2.04. The van der Waals surface area contributed by atoms with Gasteiger partial charge in [0.1, 0.15) is 5.75 Å². The van der Waals surface area contributed by atoms with Crippen LogP contribution in [0.2, 0.25) is 5.02 Å². The molecule has 0 radical (unpaired) electrons. The molecule has 1 aromatic carbocycles. The maximum atomic E-state index is 12.0. The van der Waals surface area contributed by atoms with Crippen molar-refractivity contribution < 1.29 is 12.9 Å². The van der Waals surface area contributed by atoms with E-state index in [4.69, 9.17) is 16.1 Å². The van der Waals surface area contributed by atoms with Crippen LogP contribution in [0.4, 0.5) is 0 Å². The van der Waals surface area contributed by atoms with Crippen LogP contribution in [0.1, 0.15) is 11.7 Å². The first-order chi connectivity index (χ1) is 7.97. The van der Waals surface area contributed by atoms with Crippen molar-refractivity contribution in [2.75, 3.05) is 0 Å². The van der Waals surface area contributed by atoms with E-state index in [0.717, 1.165) is 0 Å². The van der Waals surface area contributed by atoms with Crippen LogP contribution < -0.4 is 0 Å². The number of aromatic nitrogens is 2. The van der Waals surface area contributed by atoms with Gasteiger partial charge in [0, 0.05) is 5.02 Å². The van der Waals surface area contributed by atoms with Crippen molar-refractivity contribution in [1.82, 2.24) is 10.1 Å². The number of halogens is 1. The molecule has 5 nitrogen and oxygen atoms in total. The third kappa shape index (κ3) is 2.83. The molecule has 0 atom stereocenters. The minimum Gasteiger partial charge on any atom is -0.338 e. The predicted molar refractivity (Wildman–Crippen MR) is 61.4 cm³/mol. The van der Waals surface area contributed by atoms with Crippen LogP contribution in [0.3, 0.4) is 0 Å². The van der Waals surface area contributed by atoms with E-state index in [0.29, 0.717) is 10.8 Å². The molecule has 0 spiro atoms. The smallest absolute Gasteiger partial charge is 0.242 e. The van der Waals surface area contributed by atoms with Gasteiger partial charge in [-0.05, 0) is 25.1 Å². The van der Waals surface area contributed by atoms with E-state index in [1.54, 1.807) is 19.1 Å². The molecule has 0 saturated carbocycles.